The van der Waals surface area contributed by atoms with E-state index >= 15 is 0 Å². The first kappa shape index (κ1) is 15.6. The summed E-state index contributed by atoms with van der Waals surface area (Å²) in [5.74, 6) is 0. The molecule has 0 aromatic heterocycles. The highest BCUT2D eigenvalue weighted by atomic mass is 19.4. The molecule has 4 nitrogen and oxygen atoms in total. The third kappa shape index (κ3) is 3.47. The van der Waals surface area contributed by atoms with Gasteiger partial charge in [-0.1, -0.05) is 12.1 Å². The van der Waals surface area contributed by atoms with Gasteiger partial charge in [0.15, 0.2) is 0 Å². The van der Waals surface area contributed by atoms with Crippen molar-refractivity contribution in [2.75, 3.05) is 6.54 Å². The number of nitrogens with zero attached hydrogens (tertiary/aromatic N) is 1. The summed E-state index contributed by atoms with van der Waals surface area (Å²) < 4.78 is 38.1. The molecule has 1 fully saturated rings. The zero-order chi connectivity index (χ0) is 15.6. The highest BCUT2D eigenvalue weighted by Crippen LogP contribution is 2.33. The Morgan fingerprint density at radius 1 is 1.33 bits per heavy atom. The fraction of sp³-hybridized carbons (Fsp3) is 0.500. The first-order valence-corrected chi connectivity index (χ1v) is 6.65. The van der Waals surface area contributed by atoms with Crippen molar-refractivity contribution < 1.29 is 28.2 Å². The molecule has 1 aliphatic rings. The smallest absolute Gasteiger partial charge is 0.416 e. The molecule has 1 aromatic rings. The average Bonchev–Trinajstić information content (AvgIpc) is 2.45. The van der Waals surface area contributed by atoms with Crippen molar-refractivity contribution in [2.24, 2.45) is 0 Å². The fourth-order valence-electron chi connectivity index (χ4n) is 2.64. The molecule has 2 rings (SSSR count). The molecule has 1 amide bonds. The zero-order valence-electron chi connectivity index (χ0n) is 11.2. The first-order valence-electron chi connectivity index (χ1n) is 6.65. The molecule has 0 aliphatic carbocycles. The normalized spacial score (nSPS) is 21.1. The van der Waals surface area contributed by atoms with Crippen LogP contribution < -0.4 is 0 Å². The Bertz CT molecular complexity index is 518. The number of hydrogen-bond donors (Lipinski definition) is 2. The van der Waals surface area contributed by atoms with Crippen LogP contribution in [0.15, 0.2) is 24.3 Å². The highest BCUT2D eigenvalue weighted by Gasteiger charge is 2.35. The molecular formula is C14H16F3NO3. The number of alkyl halides is 3. The summed E-state index contributed by atoms with van der Waals surface area (Å²) in [6.07, 6.45) is -5.05. The molecule has 2 N–H and O–H groups in total. The molecule has 2 atom stereocenters. The van der Waals surface area contributed by atoms with Gasteiger partial charge in [0.05, 0.1) is 17.7 Å². The Morgan fingerprint density at radius 2 is 2.05 bits per heavy atom. The van der Waals surface area contributed by atoms with Gasteiger partial charge in [0.2, 0.25) is 0 Å². The number of benzene rings is 1. The second-order valence-electron chi connectivity index (χ2n) is 5.11. The van der Waals surface area contributed by atoms with Crippen LogP contribution in [0.5, 0.6) is 0 Å². The largest absolute Gasteiger partial charge is 0.465 e. The lowest BCUT2D eigenvalue weighted by molar-refractivity contribution is -0.137. The van der Waals surface area contributed by atoms with E-state index in [2.05, 4.69) is 0 Å². The lowest BCUT2D eigenvalue weighted by Crippen LogP contribution is -2.46. The van der Waals surface area contributed by atoms with Gasteiger partial charge in [0.1, 0.15) is 0 Å². The molecular weight excluding hydrogens is 287 g/mol. The number of aliphatic hydroxyl groups excluding tert-OH is 1. The predicted octanol–water partition coefficient (Wildman–Crippen LogP) is 3.27. The van der Waals surface area contributed by atoms with E-state index < -0.39 is 30.0 Å². The van der Waals surface area contributed by atoms with E-state index in [1.807, 2.05) is 0 Å². The third-order valence-corrected chi connectivity index (χ3v) is 3.71. The van der Waals surface area contributed by atoms with E-state index in [-0.39, 0.29) is 12.1 Å². The van der Waals surface area contributed by atoms with E-state index in [1.165, 1.54) is 12.1 Å². The minimum Gasteiger partial charge on any atom is -0.465 e. The van der Waals surface area contributed by atoms with Crippen LogP contribution in [-0.2, 0) is 6.18 Å². The van der Waals surface area contributed by atoms with Crippen LogP contribution in [0.3, 0.4) is 0 Å². The number of likely N-dealkylation sites (tertiary alicyclic amines) is 1. The highest BCUT2D eigenvalue weighted by molar-refractivity contribution is 5.65. The number of hydrogen-bond acceptors (Lipinski definition) is 2. The molecule has 1 aromatic carbocycles. The lowest BCUT2D eigenvalue weighted by Gasteiger charge is -2.36. The predicted molar refractivity (Wildman–Crippen MR) is 68.8 cm³/mol. The average molecular weight is 303 g/mol. The van der Waals surface area contributed by atoms with Crippen molar-refractivity contribution in [1.29, 1.82) is 0 Å². The Kier molecular flexibility index (Phi) is 4.41. The molecule has 1 saturated heterocycles. The zero-order valence-corrected chi connectivity index (χ0v) is 11.2. The molecule has 1 heterocycles. The molecule has 1 unspecified atom stereocenters. The van der Waals surface area contributed by atoms with Gasteiger partial charge in [-0.25, -0.2) is 4.79 Å². The quantitative estimate of drug-likeness (QED) is 0.881. The van der Waals surface area contributed by atoms with Gasteiger partial charge >= 0.3 is 12.3 Å². The number of carboxylic acid groups (broad SMARTS) is 1. The summed E-state index contributed by atoms with van der Waals surface area (Å²) in [5.41, 5.74) is -0.764. The van der Waals surface area contributed by atoms with E-state index in [0.29, 0.717) is 12.8 Å². The summed E-state index contributed by atoms with van der Waals surface area (Å²) in [6, 6.07) is 3.69. The number of aliphatic hydroxyl groups is 1. The van der Waals surface area contributed by atoms with E-state index in [9.17, 15) is 23.1 Å². The van der Waals surface area contributed by atoms with Gasteiger partial charge in [0.25, 0.3) is 0 Å². The molecule has 21 heavy (non-hydrogen) atoms. The Morgan fingerprint density at radius 3 is 2.67 bits per heavy atom. The van der Waals surface area contributed by atoms with Gasteiger partial charge in [-0.05, 0) is 37.0 Å². The minimum absolute atomic E-state index is 0.0861. The molecule has 0 radical (unpaired) electrons. The monoisotopic (exact) mass is 303 g/mol. The third-order valence-electron chi connectivity index (χ3n) is 3.71. The van der Waals surface area contributed by atoms with Crippen LogP contribution in [-0.4, -0.2) is 33.8 Å². The number of carbonyl (C=O) groups is 1. The van der Waals surface area contributed by atoms with Gasteiger partial charge < -0.3 is 15.1 Å². The second kappa shape index (κ2) is 5.93. The van der Waals surface area contributed by atoms with Crippen molar-refractivity contribution in [3.63, 3.8) is 0 Å². The van der Waals surface area contributed by atoms with Crippen molar-refractivity contribution in [2.45, 2.75) is 37.6 Å². The van der Waals surface area contributed by atoms with Crippen LogP contribution in [0.4, 0.5) is 18.0 Å². The van der Waals surface area contributed by atoms with Crippen LogP contribution in [0.25, 0.3) is 0 Å². The maximum Gasteiger partial charge on any atom is 0.416 e. The number of rotatable bonds is 2. The van der Waals surface area contributed by atoms with Crippen molar-refractivity contribution in [3.05, 3.63) is 35.4 Å². The molecule has 0 spiro atoms. The van der Waals surface area contributed by atoms with Crippen LogP contribution in [0.2, 0.25) is 0 Å². The lowest BCUT2D eigenvalue weighted by atomic mass is 9.92. The summed E-state index contributed by atoms with van der Waals surface area (Å²) >= 11 is 0. The summed E-state index contributed by atoms with van der Waals surface area (Å²) in [5, 5.41) is 19.4. The summed E-state index contributed by atoms with van der Waals surface area (Å²) in [4.78, 5) is 12.3. The van der Waals surface area contributed by atoms with Crippen LogP contribution in [0.1, 0.15) is 36.5 Å². The maximum absolute atomic E-state index is 12.7. The Hall–Kier alpha value is -1.76. The van der Waals surface area contributed by atoms with Crippen LogP contribution in [0, 0.1) is 0 Å². The van der Waals surface area contributed by atoms with Crippen molar-refractivity contribution in [3.8, 4) is 0 Å². The summed E-state index contributed by atoms with van der Waals surface area (Å²) in [6.45, 7) is 0.288. The standard InChI is InChI=1S/C14H16F3NO3/c15-14(16,17)10-5-3-4-9(8-10)12(19)11-6-1-2-7-18(11)13(20)21/h3-5,8,11-12,19H,1-2,6-7H2,(H,20,21)/t11-,12?/m0/s1. The maximum atomic E-state index is 12.7. The summed E-state index contributed by atoms with van der Waals surface area (Å²) in [7, 11) is 0. The van der Waals surface area contributed by atoms with Gasteiger partial charge in [-0.15, -0.1) is 0 Å². The van der Waals surface area contributed by atoms with E-state index in [1.54, 1.807) is 0 Å². The minimum atomic E-state index is -4.49. The molecule has 1 aliphatic heterocycles. The van der Waals surface area contributed by atoms with E-state index in [0.717, 1.165) is 23.5 Å². The molecule has 116 valence electrons. The molecule has 7 heteroatoms. The first-order chi connectivity index (χ1) is 9.80. The molecule has 0 bridgehead atoms. The Labute approximate surface area is 119 Å². The van der Waals surface area contributed by atoms with Crippen molar-refractivity contribution in [1.82, 2.24) is 4.90 Å². The van der Waals surface area contributed by atoms with Gasteiger partial charge in [-0.2, -0.15) is 13.2 Å². The Balaban J connectivity index is 2.26. The van der Waals surface area contributed by atoms with Gasteiger partial charge in [-0.3, -0.25) is 0 Å². The van der Waals surface area contributed by atoms with Crippen molar-refractivity contribution >= 4 is 6.09 Å². The SMILES string of the molecule is O=C(O)N1CCCC[C@H]1C(O)c1cccc(C(F)(F)F)c1. The number of piperidine rings is 1. The van der Waals surface area contributed by atoms with Crippen LogP contribution >= 0.6 is 0 Å². The van der Waals surface area contributed by atoms with E-state index in [4.69, 9.17) is 5.11 Å². The van der Waals surface area contributed by atoms with Gasteiger partial charge in [0, 0.05) is 6.54 Å². The number of halogens is 3. The number of amides is 1. The second-order valence-corrected chi connectivity index (χ2v) is 5.11. The molecule has 0 saturated carbocycles. The topological polar surface area (TPSA) is 60.8 Å². The fourth-order valence-corrected chi connectivity index (χ4v) is 2.64.